The van der Waals surface area contributed by atoms with E-state index in [1.807, 2.05) is 0 Å². The summed E-state index contributed by atoms with van der Waals surface area (Å²) in [6.07, 6.45) is 4.23. The van der Waals surface area contributed by atoms with Crippen molar-refractivity contribution in [3.63, 3.8) is 0 Å². The molecule has 0 fully saturated rings. The van der Waals surface area contributed by atoms with Crippen molar-refractivity contribution in [3.8, 4) is 0 Å². The fraction of sp³-hybridized carbons (Fsp3) is 0.375. The number of benzene rings is 2. The van der Waals surface area contributed by atoms with Crippen LogP contribution in [0.5, 0.6) is 0 Å². The van der Waals surface area contributed by atoms with E-state index < -0.39 is 0 Å². The Morgan fingerprint density at radius 3 is 2.78 bits per heavy atom. The summed E-state index contributed by atoms with van der Waals surface area (Å²) in [5.74, 6) is 0. The van der Waals surface area contributed by atoms with Gasteiger partial charge < -0.3 is 11.5 Å². The molecule has 0 amide bonds. The van der Waals surface area contributed by atoms with Crippen molar-refractivity contribution in [2.75, 3.05) is 6.54 Å². The van der Waals surface area contributed by atoms with Crippen LogP contribution < -0.4 is 11.5 Å². The van der Waals surface area contributed by atoms with Crippen LogP contribution >= 0.6 is 0 Å². The van der Waals surface area contributed by atoms with Crippen LogP contribution in [0.3, 0.4) is 0 Å². The van der Waals surface area contributed by atoms with Crippen LogP contribution in [0.4, 0.5) is 0 Å². The van der Waals surface area contributed by atoms with E-state index in [1.165, 1.54) is 21.9 Å². The molecule has 2 nitrogen and oxygen atoms in total. The fourth-order valence-electron chi connectivity index (χ4n) is 3.30. The zero-order chi connectivity index (χ0) is 12.6. The molecule has 2 heteroatoms. The molecule has 0 radical (unpaired) electrons. The number of aryl methyl sites for hydroxylation is 1. The fourth-order valence-corrected chi connectivity index (χ4v) is 3.30. The number of rotatable bonds is 2. The third kappa shape index (κ3) is 1.73. The minimum absolute atomic E-state index is 0.216. The lowest BCUT2D eigenvalue weighted by Crippen LogP contribution is -2.41. The molecule has 3 rings (SSSR count). The van der Waals surface area contributed by atoms with Gasteiger partial charge in [-0.1, -0.05) is 36.4 Å². The topological polar surface area (TPSA) is 52.0 Å². The summed E-state index contributed by atoms with van der Waals surface area (Å²) in [6, 6.07) is 13.0. The third-order valence-electron chi connectivity index (χ3n) is 4.22. The van der Waals surface area contributed by atoms with E-state index in [-0.39, 0.29) is 5.54 Å². The second kappa shape index (κ2) is 4.38. The van der Waals surface area contributed by atoms with Gasteiger partial charge in [-0.2, -0.15) is 0 Å². The van der Waals surface area contributed by atoms with Gasteiger partial charge in [-0.25, -0.2) is 0 Å². The maximum Gasteiger partial charge on any atom is 0.0424 e. The molecule has 4 N–H and O–H groups in total. The molecular weight excluding hydrogens is 220 g/mol. The maximum atomic E-state index is 6.59. The smallest absolute Gasteiger partial charge is 0.0424 e. The largest absolute Gasteiger partial charge is 0.330 e. The molecule has 2 aromatic carbocycles. The average molecular weight is 240 g/mol. The van der Waals surface area contributed by atoms with E-state index >= 15 is 0 Å². The highest BCUT2D eigenvalue weighted by Gasteiger charge is 2.32. The van der Waals surface area contributed by atoms with Gasteiger partial charge in [0.15, 0.2) is 0 Å². The van der Waals surface area contributed by atoms with Gasteiger partial charge in [0.2, 0.25) is 0 Å². The quantitative estimate of drug-likeness (QED) is 0.848. The van der Waals surface area contributed by atoms with E-state index in [2.05, 4.69) is 36.4 Å². The molecule has 0 saturated heterocycles. The lowest BCUT2D eigenvalue weighted by molar-refractivity contribution is 0.352. The Kier molecular flexibility index (Phi) is 2.84. The molecule has 2 aromatic rings. The molecule has 0 spiro atoms. The van der Waals surface area contributed by atoms with Crippen molar-refractivity contribution >= 4 is 10.8 Å². The molecule has 1 unspecified atom stereocenters. The van der Waals surface area contributed by atoms with Gasteiger partial charge in [-0.15, -0.1) is 0 Å². The highest BCUT2D eigenvalue weighted by atomic mass is 14.8. The normalized spacial score (nSPS) is 23.0. The van der Waals surface area contributed by atoms with Gasteiger partial charge >= 0.3 is 0 Å². The van der Waals surface area contributed by atoms with Crippen LogP contribution in [-0.2, 0) is 12.0 Å². The van der Waals surface area contributed by atoms with Crippen molar-refractivity contribution in [3.05, 3.63) is 47.5 Å². The summed E-state index contributed by atoms with van der Waals surface area (Å²) in [5, 5.41) is 2.68. The molecule has 0 saturated carbocycles. The third-order valence-corrected chi connectivity index (χ3v) is 4.22. The Hall–Kier alpha value is -1.38. The first-order valence-corrected chi connectivity index (χ1v) is 6.75. The van der Waals surface area contributed by atoms with Crippen LogP contribution in [0.2, 0.25) is 0 Å². The molecule has 0 aliphatic heterocycles. The number of nitrogens with two attached hydrogens (primary N) is 2. The molecule has 0 aromatic heterocycles. The average Bonchev–Trinajstić information content (AvgIpc) is 2.39. The minimum Gasteiger partial charge on any atom is -0.330 e. The SMILES string of the molecule is NCCC1(N)CCCc2c1ccc1ccccc21. The number of hydrogen-bond donors (Lipinski definition) is 2. The number of hydrogen-bond acceptors (Lipinski definition) is 2. The Labute approximate surface area is 108 Å². The summed E-state index contributed by atoms with van der Waals surface area (Å²) < 4.78 is 0. The first kappa shape index (κ1) is 11.7. The Morgan fingerprint density at radius 1 is 1.11 bits per heavy atom. The standard InChI is InChI=1S/C16H20N2/c17-11-10-16(18)9-3-6-14-13-5-2-1-4-12(13)7-8-15(14)16/h1-2,4-5,7-8H,3,6,9-11,17-18H2. The van der Waals surface area contributed by atoms with Gasteiger partial charge in [-0.3, -0.25) is 0 Å². The van der Waals surface area contributed by atoms with Crippen molar-refractivity contribution in [1.29, 1.82) is 0 Å². The minimum atomic E-state index is -0.216. The lowest BCUT2D eigenvalue weighted by Gasteiger charge is -2.36. The monoisotopic (exact) mass is 240 g/mol. The predicted molar refractivity (Wildman–Crippen MR) is 76.4 cm³/mol. The highest BCUT2D eigenvalue weighted by Crippen LogP contribution is 2.38. The van der Waals surface area contributed by atoms with Crippen LogP contribution in [0, 0.1) is 0 Å². The summed E-state index contributed by atoms with van der Waals surface area (Å²) in [6.45, 7) is 0.656. The molecule has 0 bridgehead atoms. The van der Waals surface area contributed by atoms with Crippen molar-refractivity contribution in [2.24, 2.45) is 11.5 Å². The van der Waals surface area contributed by atoms with Gasteiger partial charge in [0, 0.05) is 5.54 Å². The van der Waals surface area contributed by atoms with Crippen LogP contribution in [0.15, 0.2) is 36.4 Å². The van der Waals surface area contributed by atoms with E-state index in [0.29, 0.717) is 6.54 Å². The second-order valence-corrected chi connectivity index (χ2v) is 5.36. The molecule has 18 heavy (non-hydrogen) atoms. The summed E-state index contributed by atoms with van der Waals surface area (Å²) in [4.78, 5) is 0. The number of fused-ring (bicyclic) bond motifs is 3. The van der Waals surface area contributed by atoms with E-state index in [9.17, 15) is 0 Å². The first-order valence-electron chi connectivity index (χ1n) is 6.75. The van der Waals surface area contributed by atoms with Gasteiger partial charge in [-0.05, 0) is 54.1 Å². The van der Waals surface area contributed by atoms with Gasteiger partial charge in [0.1, 0.15) is 0 Å². The molecule has 1 aliphatic rings. The molecule has 0 heterocycles. The maximum absolute atomic E-state index is 6.59. The molecule has 1 aliphatic carbocycles. The van der Waals surface area contributed by atoms with Crippen LogP contribution in [-0.4, -0.2) is 6.54 Å². The zero-order valence-corrected chi connectivity index (χ0v) is 10.7. The van der Waals surface area contributed by atoms with Crippen molar-refractivity contribution in [2.45, 2.75) is 31.2 Å². The van der Waals surface area contributed by atoms with Crippen LogP contribution in [0.25, 0.3) is 10.8 Å². The van der Waals surface area contributed by atoms with Crippen molar-refractivity contribution in [1.82, 2.24) is 0 Å². The van der Waals surface area contributed by atoms with Gasteiger partial charge in [0.25, 0.3) is 0 Å². The zero-order valence-electron chi connectivity index (χ0n) is 10.7. The van der Waals surface area contributed by atoms with E-state index in [4.69, 9.17) is 11.5 Å². The highest BCUT2D eigenvalue weighted by molar-refractivity contribution is 5.87. The van der Waals surface area contributed by atoms with Gasteiger partial charge in [0.05, 0.1) is 0 Å². The lowest BCUT2D eigenvalue weighted by atomic mass is 9.74. The molecular formula is C16H20N2. The Morgan fingerprint density at radius 2 is 1.94 bits per heavy atom. The summed E-state index contributed by atoms with van der Waals surface area (Å²) in [7, 11) is 0. The van der Waals surface area contributed by atoms with Crippen molar-refractivity contribution < 1.29 is 0 Å². The summed E-state index contributed by atoms with van der Waals surface area (Å²) in [5.41, 5.74) is 14.9. The summed E-state index contributed by atoms with van der Waals surface area (Å²) >= 11 is 0. The second-order valence-electron chi connectivity index (χ2n) is 5.36. The van der Waals surface area contributed by atoms with Crippen LogP contribution in [0.1, 0.15) is 30.4 Å². The van der Waals surface area contributed by atoms with E-state index in [1.54, 1.807) is 0 Å². The first-order chi connectivity index (χ1) is 8.74. The predicted octanol–water partition coefficient (Wildman–Crippen LogP) is 2.68. The Balaban J connectivity index is 2.22. The molecule has 1 atom stereocenters. The molecule has 94 valence electrons. The Bertz CT molecular complexity index is 576. The van der Waals surface area contributed by atoms with E-state index in [0.717, 1.165) is 25.7 Å².